The van der Waals surface area contributed by atoms with E-state index in [-0.39, 0.29) is 5.04 Å². The van der Waals surface area contributed by atoms with Crippen molar-refractivity contribution in [2.24, 2.45) is 0 Å². The van der Waals surface area contributed by atoms with Crippen molar-refractivity contribution in [1.29, 1.82) is 0 Å². The van der Waals surface area contributed by atoms with Crippen molar-refractivity contribution in [1.82, 2.24) is 9.97 Å². The lowest BCUT2D eigenvalue weighted by molar-refractivity contribution is 0.289. The van der Waals surface area contributed by atoms with E-state index in [0.717, 1.165) is 24.5 Å². The minimum atomic E-state index is -1.59. The van der Waals surface area contributed by atoms with Crippen LogP contribution in [-0.2, 0) is 10.8 Å². The van der Waals surface area contributed by atoms with Gasteiger partial charge >= 0.3 is 0 Å². The van der Waals surface area contributed by atoms with Gasteiger partial charge in [0, 0.05) is 24.9 Å². The number of nitrogens with zero attached hydrogens (tertiary/aromatic N) is 1. The van der Waals surface area contributed by atoms with Gasteiger partial charge < -0.3 is 9.41 Å². The van der Waals surface area contributed by atoms with Crippen LogP contribution in [0.2, 0.25) is 18.1 Å². The monoisotopic (exact) mass is 240 g/mol. The Labute approximate surface area is 99.8 Å². The maximum absolute atomic E-state index is 6.09. The van der Waals surface area contributed by atoms with Gasteiger partial charge in [-0.25, -0.2) is 4.98 Å². The van der Waals surface area contributed by atoms with Crippen molar-refractivity contribution in [3.8, 4) is 0 Å². The second-order valence-electron chi connectivity index (χ2n) is 5.87. The average molecular weight is 240 g/mol. The number of hydrogen-bond acceptors (Lipinski definition) is 2. The van der Waals surface area contributed by atoms with E-state index in [2.05, 4.69) is 43.8 Å². The van der Waals surface area contributed by atoms with E-state index in [9.17, 15) is 0 Å². The molecule has 0 saturated heterocycles. The van der Waals surface area contributed by atoms with E-state index in [1.165, 1.54) is 0 Å². The van der Waals surface area contributed by atoms with Crippen LogP contribution in [0.4, 0.5) is 0 Å². The van der Waals surface area contributed by atoms with E-state index in [1.54, 1.807) is 0 Å². The van der Waals surface area contributed by atoms with Crippen LogP contribution in [0, 0.1) is 6.92 Å². The molecule has 0 aliphatic rings. The fraction of sp³-hybridized carbons (Fsp3) is 0.750. The van der Waals surface area contributed by atoms with Crippen molar-refractivity contribution >= 4 is 8.32 Å². The maximum Gasteiger partial charge on any atom is 0.191 e. The lowest BCUT2D eigenvalue weighted by Crippen LogP contribution is -2.41. The highest BCUT2D eigenvalue weighted by atomic mass is 28.4. The van der Waals surface area contributed by atoms with Gasteiger partial charge in [0.25, 0.3) is 0 Å². The third kappa shape index (κ3) is 3.45. The summed E-state index contributed by atoms with van der Waals surface area (Å²) in [5, 5.41) is 0.284. The van der Waals surface area contributed by atoms with Crippen LogP contribution in [0.5, 0.6) is 0 Å². The molecule has 0 fully saturated rings. The summed E-state index contributed by atoms with van der Waals surface area (Å²) in [6, 6.07) is 0. The molecule has 0 aromatic carbocycles. The van der Waals surface area contributed by atoms with Crippen molar-refractivity contribution in [2.45, 2.75) is 52.2 Å². The molecule has 92 valence electrons. The molecule has 0 radical (unpaired) electrons. The number of rotatable bonds is 4. The van der Waals surface area contributed by atoms with E-state index in [0.29, 0.717) is 0 Å². The highest BCUT2D eigenvalue weighted by molar-refractivity contribution is 6.74. The molecule has 0 amide bonds. The molecule has 0 saturated carbocycles. The Balaban J connectivity index is 2.41. The number of aromatic amines is 1. The molecule has 16 heavy (non-hydrogen) atoms. The molecule has 0 unspecified atom stereocenters. The van der Waals surface area contributed by atoms with Gasteiger partial charge in [-0.05, 0) is 25.1 Å². The summed E-state index contributed by atoms with van der Waals surface area (Å²) in [7, 11) is -1.59. The van der Waals surface area contributed by atoms with E-state index in [4.69, 9.17) is 4.43 Å². The largest absolute Gasteiger partial charge is 0.416 e. The highest BCUT2D eigenvalue weighted by Gasteiger charge is 2.36. The van der Waals surface area contributed by atoms with Crippen LogP contribution in [0.1, 0.15) is 32.3 Å². The summed E-state index contributed by atoms with van der Waals surface area (Å²) in [4.78, 5) is 7.50. The lowest BCUT2D eigenvalue weighted by Gasteiger charge is -2.36. The summed E-state index contributed by atoms with van der Waals surface area (Å²) >= 11 is 0. The molecule has 0 atom stereocenters. The maximum atomic E-state index is 6.09. The van der Waals surface area contributed by atoms with Crippen molar-refractivity contribution in [3.63, 3.8) is 0 Å². The summed E-state index contributed by atoms with van der Waals surface area (Å²) in [6.07, 6.45) is 2.74. The number of H-pyrrole nitrogens is 1. The summed E-state index contributed by atoms with van der Waals surface area (Å²) in [6.45, 7) is 14.1. The van der Waals surface area contributed by atoms with Crippen LogP contribution in [0.3, 0.4) is 0 Å². The van der Waals surface area contributed by atoms with E-state index < -0.39 is 8.32 Å². The molecule has 3 nitrogen and oxygen atoms in total. The molecule has 1 aromatic rings. The van der Waals surface area contributed by atoms with E-state index in [1.807, 2.05) is 13.1 Å². The fourth-order valence-corrected chi connectivity index (χ4v) is 2.26. The third-order valence-corrected chi connectivity index (χ3v) is 7.90. The average Bonchev–Trinajstić information content (AvgIpc) is 2.49. The van der Waals surface area contributed by atoms with Gasteiger partial charge in [0.1, 0.15) is 5.82 Å². The minimum Gasteiger partial charge on any atom is -0.416 e. The first kappa shape index (κ1) is 13.5. The smallest absolute Gasteiger partial charge is 0.191 e. The van der Waals surface area contributed by atoms with Gasteiger partial charge in [-0.15, -0.1) is 0 Å². The third-order valence-electron chi connectivity index (χ3n) is 3.36. The quantitative estimate of drug-likeness (QED) is 0.820. The SMILES string of the molecule is Cc1cnc(CCO[Si](C)(C)C(C)(C)C)[nH]1. The van der Waals surface area contributed by atoms with E-state index >= 15 is 0 Å². The van der Waals surface area contributed by atoms with Gasteiger partial charge in [-0.2, -0.15) is 0 Å². The molecule has 0 aliphatic carbocycles. The fourth-order valence-electron chi connectivity index (χ4n) is 1.21. The second-order valence-corrected chi connectivity index (χ2v) is 10.7. The summed E-state index contributed by atoms with van der Waals surface area (Å²) in [5.41, 5.74) is 1.11. The van der Waals surface area contributed by atoms with Crippen molar-refractivity contribution in [3.05, 3.63) is 17.7 Å². The minimum absolute atomic E-state index is 0.284. The first-order valence-electron chi connectivity index (χ1n) is 5.87. The predicted molar refractivity (Wildman–Crippen MR) is 70.2 cm³/mol. The Morgan fingerprint density at radius 2 is 2.00 bits per heavy atom. The van der Waals surface area contributed by atoms with Crippen LogP contribution in [0.25, 0.3) is 0 Å². The Morgan fingerprint density at radius 3 is 2.44 bits per heavy atom. The number of aryl methyl sites for hydroxylation is 1. The first-order chi connectivity index (χ1) is 7.22. The second kappa shape index (κ2) is 4.71. The van der Waals surface area contributed by atoms with Gasteiger partial charge in [0.05, 0.1) is 0 Å². The molecular weight excluding hydrogens is 216 g/mol. The first-order valence-corrected chi connectivity index (χ1v) is 8.78. The van der Waals surface area contributed by atoms with Gasteiger partial charge in [-0.1, -0.05) is 20.8 Å². The molecule has 0 spiro atoms. The number of hydrogen-bond donors (Lipinski definition) is 1. The number of aromatic nitrogens is 2. The standard InChI is InChI=1S/C12H24N2OSi/c1-10-9-13-11(14-10)7-8-15-16(5,6)12(2,3)4/h9H,7-8H2,1-6H3,(H,13,14). The zero-order valence-corrected chi connectivity index (χ0v) is 12.3. The van der Waals surface area contributed by atoms with Crippen LogP contribution >= 0.6 is 0 Å². The van der Waals surface area contributed by atoms with Crippen LogP contribution < -0.4 is 0 Å². The number of nitrogens with one attached hydrogen (secondary N) is 1. The molecule has 1 N–H and O–H groups in total. The molecule has 4 heteroatoms. The normalized spacial score (nSPS) is 13.1. The Kier molecular flexibility index (Phi) is 3.96. The van der Waals surface area contributed by atoms with Gasteiger partial charge in [0.2, 0.25) is 0 Å². The topological polar surface area (TPSA) is 37.9 Å². The van der Waals surface area contributed by atoms with Gasteiger partial charge in [0.15, 0.2) is 8.32 Å². The van der Waals surface area contributed by atoms with Crippen molar-refractivity contribution in [2.75, 3.05) is 6.61 Å². The summed E-state index contributed by atoms with van der Waals surface area (Å²) < 4.78 is 6.09. The molecular formula is C12H24N2OSi. The zero-order valence-electron chi connectivity index (χ0n) is 11.3. The summed E-state index contributed by atoms with van der Waals surface area (Å²) in [5.74, 6) is 1.02. The lowest BCUT2D eigenvalue weighted by atomic mass is 10.2. The molecule has 1 rings (SSSR count). The molecule has 0 bridgehead atoms. The van der Waals surface area contributed by atoms with Gasteiger partial charge in [-0.3, -0.25) is 0 Å². The Morgan fingerprint density at radius 1 is 1.38 bits per heavy atom. The molecule has 1 aromatic heterocycles. The van der Waals surface area contributed by atoms with Crippen LogP contribution in [0.15, 0.2) is 6.20 Å². The molecule has 1 heterocycles. The van der Waals surface area contributed by atoms with Crippen LogP contribution in [-0.4, -0.2) is 24.9 Å². The molecule has 0 aliphatic heterocycles. The Hall–Kier alpha value is -0.613. The van der Waals surface area contributed by atoms with Crippen molar-refractivity contribution < 1.29 is 4.43 Å². The number of imidazole rings is 1. The highest BCUT2D eigenvalue weighted by Crippen LogP contribution is 2.36. The Bertz CT molecular complexity index is 339. The zero-order chi connectivity index (χ0) is 12.4. The predicted octanol–water partition coefficient (Wildman–Crippen LogP) is 3.28.